The van der Waals surface area contributed by atoms with Crippen molar-refractivity contribution in [3.63, 3.8) is 0 Å². The molecule has 1 unspecified atom stereocenters. The molecule has 0 aliphatic carbocycles. The summed E-state index contributed by atoms with van der Waals surface area (Å²) >= 11 is 0. The minimum Gasteiger partial charge on any atom is -0.488 e. The summed E-state index contributed by atoms with van der Waals surface area (Å²) in [5, 5.41) is 23.4. The van der Waals surface area contributed by atoms with Crippen molar-refractivity contribution in [1.29, 1.82) is 10.7 Å². The van der Waals surface area contributed by atoms with E-state index >= 15 is 0 Å². The van der Waals surface area contributed by atoms with Crippen molar-refractivity contribution in [2.24, 2.45) is 0 Å². The van der Waals surface area contributed by atoms with Crippen LogP contribution in [0.1, 0.15) is 24.1 Å². The highest BCUT2D eigenvalue weighted by molar-refractivity contribution is 5.85. The fourth-order valence-corrected chi connectivity index (χ4v) is 3.73. The average Bonchev–Trinajstić information content (AvgIpc) is 3.37. The van der Waals surface area contributed by atoms with Gasteiger partial charge < -0.3 is 20.4 Å². The fraction of sp³-hybridized carbons (Fsp3) is 0.148. The molecule has 9 nitrogen and oxygen atoms in total. The van der Waals surface area contributed by atoms with Crippen LogP contribution in [0, 0.1) is 16.7 Å². The quantitative estimate of drug-likeness (QED) is 0.226. The van der Waals surface area contributed by atoms with Gasteiger partial charge in [-0.15, -0.1) is 0 Å². The Balaban J connectivity index is 1.58. The lowest BCUT2D eigenvalue weighted by molar-refractivity contribution is 0.361. The number of rotatable bonds is 10. The van der Waals surface area contributed by atoms with Crippen LogP contribution in [-0.2, 0) is 0 Å². The van der Waals surface area contributed by atoms with Gasteiger partial charge in [-0.05, 0) is 36.8 Å². The van der Waals surface area contributed by atoms with Gasteiger partial charge >= 0.3 is 0 Å². The first-order chi connectivity index (χ1) is 17.9. The van der Waals surface area contributed by atoms with Crippen molar-refractivity contribution in [2.45, 2.75) is 13.0 Å². The van der Waals surface area contributed by atoms with Crippen LogP contribution < -0.4 is 15.0 Å². The third kappa shape index (κ3) is 5.46. The Bertz CT molecular complexity index is 1490. The predicted octanol–water partition coefficient (Wildman–Crippen LogP) is 5.30. The van der Waals surface area contributed by atoms with E-state index in [0.717, 1.165) is 28.7 Å². The molecular formula is C27H25FN8O. The molecule has 4 rings (SSSR count). The number of nitriles is 1. The normalized spacial score (nSPS) is 12.0. The van der Waals surface area contributed by atoms with Gasteiger partial charge in [-0.25, -0.2) is 18.9 Å². The van der Waals surface area contributed by atoms with Crippen LogP contribution in [0.4, 0.5) is 16.0 Å². The van der Waals surface area contributed by atoms with Crippen molar-refractivity contribution >= 4 is 23.4 Å². The molecular weight excluding hydrogens is 471 g/mol. The smallest absolute Gasteiger partial charge is 0.156 e. The number of nitrogens with one attached hydrogen (secondary N) is 2. The lowest BCUT2D eigenvalue weighted by atomic mass is 10.0. The van der Waals surface area contributed by atoms with Gasteiger partial charge in [-0.2, -0.15) is 10.4 Å². The molecule has 37 heavy (non-hydrogen) atoms. The SMILES string of the molecule is C=CCOc1cc(-c2ccc(N(C)C(C)c3ccc(N/C=C(/F)C=N)nc3)nc2)c2c(C#N)cnn2c1. The van der Waals surface area contributed by atoms with Gasteiger partial charge in [0.2, 0.25) is 0 Å². The number of halogens is 1. The molecule has 0 bridgehead atoms. The Morgan fingerprint density at radius 3 is 2.78 bits per heavy atom. The average molecular weight is 497 g/mol. The van der Waals surface area contributed by atoms with Crippen LogP contribution in [0.2, 0.25) is 0 Å². The Kier molecular flexibility index (Phi) is 7.54. The summed E-state index contributed by atoms with van der Waals surface area (Å²) in [7, 11) is 1.94. The van der Waals surface area contributed by atoms with Gasteiger partial charge in [0.25, 0.3) is 0 Å². The second-order valence-corrected chi connectivity index (χ2v) is 8.14. The van der Waals surface area contributed by atoms with Gasteiger partial charge in [0.15, 0.2) is 5.83 Å². The second kappa shape index (κ2) is 11.1. The molecule has 0 spiro atoms. The zero-order valence-corrected chi connectivity index (χ0v) is 20.4. The third-order valence-corrected chi connectivity index (χ3v) is 5.84. The standard InChI is InChI=1S/C27H25FN8O/c1-4-9-37-23-10-24(27-21(11-29)15-34-36(27)17-23)20-6-8-26(33-14-20)35(3)18(2)19-5-7-25(31-13-19)32-16-22(28)12-30/h4-8,10,12-18,30H,1,9H2,2-3H3,(H,31,32)/b22-16+,30-12?. The maximum absolute atomic E-state index is 13.1. The van der Waals surface area contributed by atoms with Crippen molar-refractivity contribution < 1.29 is 9.13 Å². The van der Waals surface area contributed by atoms with Crippen molar-refractivity contribution in [3.8, 4) is 22.9 Å². The van der Waals surface area contributed by atoms with E-state index in [9.17, 15) is 9.65 Å². The number of nitrogens with zero attached hydrogens (tertiary/aromatic N) is 6. The molecule has 4 aromatic rings. The summed E-state index contributed by atoms with van der Waals surface area (Å²) in [5.41, 5.74) is 3.69. The lowest BCUT2D eigenvalue weighted by Gasteiger charge is -2.26. The van der Waals surface area contributed by atoms with E-state index in [2.05, 4.69) is 33.0 Å². The van der Waals surface area contributed by atoms with E-state index in [1.54, 1.807) is 35.2 Å². The maximum Gasteiger partial charge on any atom is 0.156 e. The minimum atomic E-state index is -0.692. The van der Waals surface area contributed by atoms with Crippen molar-refractivity contribution in [1.82, 2.24) is 19.6 Å². The second-order valence-electron chi connectivity index (χ2n) is 8.14. The molecule has 0 radical (unpaired) electrons. The van der Waals surface area contributed by atoms with Gasteiger partial charge in [0, 0.05) is 36.8 Å². The molecule has 0 saturated carbocycles. The monoisotopic (exact) mass is 496 g/mol. The highest BCUT2D eigenvalue weighted by Gasteiger charge is 2.17. The van der Waals surface area contributed by atoms with E-state index in [1.165, 1.54) is 6.20 Å². The molecule has 0 aliphatic rings. The molecule has 4 aromatic heterocycles. The van der Waals surface area contributed by atoms with E-state index in [-0.39, 0.29) is 6.04 Å². The minimum absolute atomic E-state index is 0.0453. The first-order valence-electron chi connectivity index (χ1n) is 11.4. The van der Waals surface area contributed by atoms with Crippen LogP contribution >= 0.6 is 0 Å². The molecule has 0 saturated heterocycles. The molecule has 0 aromatic carbocycles. The summed E-state index contributed by atoms with van der Waals surface area (Å²) in [6, 6.07) is 11.5. The van der Waals surface area contributed by atoms with Crippen LogP contribution in [0.3, 0.4) is 0 Å². The lowest BCUT2D eigenvalue weighted by Crippen LogP contribution is -2.22. The molecule has 0 fully saturated rings. The van der Waals surface area contributed by atoms with Gasteiger partial charge in [0.05, 0.1) is 35.7 Å². The van der Waals surface area contributed by atoms with Gasteiger partial charge in [-0.1, -0.05) is 18.7 Å². The molecule has 0 aliphatic heterocycles. The number of ether oxygens (including phenoxy) is 1. The third-order valence-electron chi connectivity index (χ3n) is 5.84. The number of fused-ring (bicyclic) bond motifs is 1. The Morgan fingerprint density at radius 1 is 1.30 bits per heavy atom. The fourth-order valence-electron chi connectivity index (χ4n) is 3.73. The van der Waals surface area contributed by atoms with Crippen LogP contribution in [-0.4, -0.2) is 39.5 Å². The summed E-state index contributed by atoms with van der Waals surface area (Å²) in [5.74, 6) is 1.13. The first kappa shape index (κ1) is 25.1. The van der Waals surface area contributed by atoms with Crippen molar-refractivity contribution in [3.05, 3.63) is 90.9 Å². The molecule has 0 amide bonds. The van der Waals surface area contributed by atoms with Gasteiger partial charge in [-0.3, -0.25) is 0 Å². The molecule has 2 N–H and O–H groups in total. The maximum atomic E-state index is 13.1. The zero-order chi connectivity index (χ0) is 26.4. The molecule has 10 heteroatoms. The predicted molar refractivity (Wildman–Crippen MR) is 141 cm³/mol. The van der Waals surface area contributed by atoms with E-state index < -0.39 is 5.83 Å². The first-order valence-corrected chi connectivity index (χ1v) is 11.4. The highest BCUT2D eigenvalue weighted by atomic mass is 19.1. The highest BCUT2D eigenvalue weighted by Crippen LogP contribution is 2.32. The summed E-state index contributed by atoms with van der Waals surface area (Å²) in [6.07, 6.45) is 10.1. The number of aromatic nitrogens is 4. The van der Waals surface area contributed by atoms with E-state index in [4.69, 9.17) is 10.1 Å². The van der Waals surface area contributed by atoms with E-state index in [1.807, 2.05) is 43.1 Å². The Morgan fingerprint density at radius 2 is 2.14 bits per heavy atom. The number of allylic oxidation sites excluding steroid dienone is 1. The van der Waals surface area contributed by atoms with Gasteiger partial charge in [0.1, 0.15) is 30.1 Å². The number of pyridine rings is 3. The summed E-state index contributed by atoms with van der Waals surface area (Å²) in [6.45, 7) is 6.06. The molecule has 186 valence electrons. The summed E-state index contributed by atoms with van der Waals surface area (Å²) in [4.78, 5) is 11.0. The Hall–Kier alpha value is -5.04. The van der Waals surface area contributed by atoms with Crippen molar-refractivity contribution in [2.75, 3.05) is 23.9 Å². The summed E-state index contributed by atoms with van der Waals surface area (Å²) < 4.78 is 20.5. The van der Waals surface area contributed by atoms with Crippen LogP contribution in [0.15, 0.2) is 79.8 Å². The van der Waals surface area contributed by atoms with E-state index in [0.29, 0.717) is 35.5 Å². The molecule has 4 heterocycles. The molecule has 1 atom stereocenters. The number of hydrogen-bond acceptors (Lipinski definition) is 8. The number of hydrogen-bond donors (Lipinski definition) is 2. The zero-order valence-electron chi connectivity index (χ0n) is 20.4. The Labute approximate surface area is 213 Å². The van der Waals surface area contributed by atoms with Crippen LogP contribution in [0.5, 0.6) is 5.75 Å². The topological polar surface area (TPSA) is 115 Å². The largest absolute Gasteiger partial charge is 0.488 e. The number of anilines is 2. The van der Waals surface area contributed by atoms with Crippen LogP contribution in [0.25, 0.3) is 16.6 Å².